The molecular weight excluding hydrogens is 472 g/mol. The Morgan fingerprint density at radius 3 is 2.44 bits per heavy atom. The smallest absolute Gasteiger partial charge is 0.341 e. The molecule has 1 amide bonds. The van der Waals surface area contributed by atoms with Crippen molar-refractivity contribution in [1.82, 2.24) is 4.31 Å². The van der Waals surface area contributed by atoms with E-state index in [0.29, 0.717) is 16.5 Å². The summed E-state index contributed by atoms with van der Waals surface area (Å²) in [6, 6.07) is 5.72. The summed E-state index contributed by atoms with van der Waals surface area (Å²) in [5, 5.41) is 3.33. The molecule has 1 N–H and O–H groups in total. The number of thiophene rings is 1. The fraction of sp³-hybridized carbons (Fsp3) is 0.360. The molecule has 1 atom stereocenters. The van der Waals surface area contributed by atoms with Gasteiger partial charge in [-0.25, -0.2) is 13.2 Å². The van der Waals surface area contributed by atoms with E-state index in [2.05, 4.69) is 25.4 Å². The van der Waals surface area contributed by atoms with Crippen LogP contribution in [0.2, 0.25) is 0 Å². The number of amides is 1. The Bertz CT molecular complexity index is 1170. The molecule has 0 bridgehead atoms. The van der Waals surface area contributed by atoms with Crippen LogP contribution in [0.25, 0.3) is 0 Å². The summed E-state index contributed by atoms with van der Waals surface area (Å²) in [5.41, 5.74) is 1.68. The van der Waals surface area contributed by atoms with E-state index in [0.717, 1.165) is 29.7 Å². The van der Waals surface area contributed by atoms with Gasteiger partial charge in [0.15, 0.2) is 0 Å². The monoisotopic (exact) mass is 502 g/mol. The van der Waals surface area contributed by atoms with Crippen LogP contribution in [0.4, 0.5) is 5.00 Å². The van der Waals surface area contributed by atoms with Crippen LogP contribution in [0.3, 0.4) is 0 Å². The summed E-state index contributed by atoms with van der Waals surface area (Å²) in [7, 11) is -3.76. The van der Waals surface area contributed by atoms with Crippen LogP contribution < -0.4 is 5.32 Å². The second kappa shape index (κ2) is 11.1. The van der Waals surface area contributed by atoms with Gasteiger partial charge in [0, 0.05) is 23.5 Å². The van der Waals surface area contributed by atoms with Crippen molar-refractivity contribution in [1.29, 1.82) is 0 Å². The van der Waals surface area contributed by atoms with Crippen molar-refractivity contribution in [2.24, 2.45) is 5.92 Å². The minimum atomic E-state index is -3.76. The highest BCUT2D eigenvalue weighted by atomic mass is 32.2. The Hall–Kier alpha value is -2.75. The van der Waals surface area contributed by atoms with Gasteiger partial charge in [0.25, 0.3) is 5.91 Å². The van der Waals surface area contributed by atoms with Gasteiger partial charge >= 0.3 is 5.97 Å². The lowest BCUT2D eigenvalue weighted by molar-refractivity contribution is 0.0526. The fourth-order valence-corrected chi connectivity index (χ4v) is 6.69. The molecule has 1 aromatic heterocycles. The van der Waals surface area contributed by atoms with E-state index in [-0.39, 0.29) is 30.2 Å². The number of hydrogen-bond acceptors (Lipinski definition) is 6. The van der Waals surface area contributed by atoms with Gasteiger partial charge in [0.05, 0.1) is 17.1 Å². The van der Waals surface area contributed by atoms with Crippen molar-refractivity contribution in [2.75, 3.05) is 25.0 Å². The van der Waals surface area contributed by atoms with Gasteiger partial charge < -0.3 is 10.1 Å². The number of sulfonamides is 1. The second-order valence-electron chi connectivity index (χ2n) is 8.15. The summed E-state index contributed by atoms with van der Waals surface area (Å²) in [6.45, 7) is 11.7. The zero-order valence-corrected chi connectivity index (χ0v) is 21.1. The second-order valence-corrected chi connectivity index (χ2v) is 11.2. The number of benzene rings is 1. The molecule has 34 heavy (non-hydrogen) atoms. The highest BCUT2D eigenvalue weighted by Crippen LogP contribution is 2.40. The average molecular weight is 503 g/mol. The highest BCUT2D eigenvalue weighted by Gasteiger charge is 2.29. The summed E-state index contributed by atoms with van der Waals surface area (Å²) < 4.78 is 32.3. The highest BCUT2D eigenvalue weighted by molar-refractivity contribution is 7.89. The number of carbonyl (C=O) groups is 2. The van der Waals surface area contributed by atoms with Crippen LogP contribution >= 0.6 is 11.3 Å². The average Bonchev–Trinajstić information content (AvgIpc) is 3.15. The molecule has 3 rings (SSSR count). The molecule has 1 aromatic carbocycles. The largest absolute Gasteiger partial charge is 0.462 e. The minimum absolute atomic E-state index is 0.0699. The van der Waals surface area contributed by atoms with Crippen LogP contribution in [0.5, 0.6) is 0 Å². The lowest BCUT2D eigenvalue weighted by Crippen LogP contribution is -2.31. The van der Waals surface area contributed by atoms with E-state index in [4.69, 9.17) is 4.74 Å². The molecule has 0 radical (unpaired) electrons. The number of esters is 1. The maximum atomic E-state index is 13.0. The molecule has 1 heterocycles. The number of carbonyl (C=O) groups excluding carboxylic acids is 2. The molecule has 9 heteroatoms. The van der Waals surface area contributed by atoms with E-state index >= 15 is 0 Å². The molecule has 0 saturated heterocycles. The zero-order valence-electron chi connectivity index (χ0n) is 19.5. The van der Waals surface area contributed by atoms with Gasteiger partial charge in [0.1, 0.15) is 5.00 Å². The third-order valence-electron chi connectivity index (χ3n) is 5.64. The Balaban J connectivity index is 1.86. The van der Waals surface area contributed by atoms with E-state index in [1.807, 2.05) is 0 Å². The predicted molar refractivity (Wildman–Crippen MR) is 135 cm³/mol. The zero-order chi connectivity index (χ0) is 24.9. The molecule has 0 saturated carbocycles. The predicted octanol–water partition coefficient (Wildman–Crippen LogP) is 4.66. The third kappa shape index (κ3) is 5.48. The van der Waals surface area contributed by atoms with Gasteiger partial charge in [-0.2, -0.15) is 4.31 Å². The molecule has 182 valence electrons. The quantitative estimate of drug-likeness (QED) is 0.377. The van der Waals surface area contributed by atoms with E-state index < -0.39 is 21.9 Å². The normalized spacial score (nSPS) is 15.4. The maximum Gasteiger partial charge on any atom is 0.341 e. The fourth-order valence-electron chi connectivity index (χ4n) is 3.92. The SMILES string of the molecule is C=CCN(CC=C)S(=O)(=O)c1ccc(C(=O)Nc2sc3c(c2C(=O)OCC)CCC(C)C3)cc1. The number of fused-ring (bicyclic) bond motifs is 1. The standard InChI is InChI=1S/C25H30N2O5S2/c1-5-14-27(15-6-2)34(30,31)19-11-9-18(10-12-19)23(28)26-24-22(25(29)32-7-3)20-13-8-17(4)16-21(20)33-24/h5-6,9-12,17H,1-2,7-8,13-16H2,3-4H3,(H,26,28). The number of nitrogens with one attached hydrogen (secondary N) is 1. The summed E-state index contributed by atoms with van der Waals surface area (Å²) in [5.74, 6) is -0.341. The third-order valence-corrected chi connectivity index (χ3v) is 8.65. The first-order chi connectivity index (χ1) is 16.2. The first kappa shape index (κ1) is 25.9. The first-order valence-electron chi connectivity index (χ1n) is 11.2. The van der Waals surface area contributed by atoms with Crippen molar-refractivity contribution in [3.05, 3.63) is 71.1 Å². The Morgan fingerprint density at radius 1 is 1.21 bits per heavy atom. The van der Waals surface area contributed by atoms with Crippen molar-refractivity contribution >= 4 is 38.2 Å². The van der Waals surface area contributed by atoms with E-state index in [9.17, 15) is 18.0 Å². The van der Waals surface area contributed by atoms with Gasteiger partial charge in [-0.05, 0) is 61.9 Å². The summed E-state index contributed by atoms with van der Waals surface area (Å²) in [4.78, 5) is 26.8. The Morgan fingerprint density at radius 2 is 1.85 bits per heavy atom. The van der Waals surface area contributed by atoms with Crippen molar-refractivity contribution in [3.63, 3.8) is 0 Å². The van der Waals surface area contributed by atoms with Gasteiger partial charge in [-0.1, -0.05) is 19.1 Å². The molecule has 0 aliphatic heterocycles. The molecule has 1 aliphatic carbocycles. The van der Waals surface area contributed by atoms with Gasteiger partial charge in [-0.15, -0.1) is 24.5 Å². The van der Waals surface area contributed by atoms with Gasteiger partial charge in [-0.3, -0.25) is 4.79 Å². The minimum Gasteiger partial charge on any atom is -0.462 e. The first-order valence-corrected chi connectivity index (χ1v) is 13.4. The summed E-state index contributed by atoms with van der Waals surface area (Å²) in [6.07, 6.45) is 5.63. The van der Waals surface area contributed by atoms with Crippen LogP contribution in [-0.4, -0.2) is 44.3 Å². The van der Waals surface area contributed by atoms with E-state index in [1.54, 1.807) is 6.92 Å². The molecule has 0 spiro atoms. The lowest BCUT2D eigenvalue weighted by Gasteiger charge is -2.19. The van der Waals surface area contributed by atoms with Gasteiger partial charge in [0.2, 0.25) is 10.0 Å². The van der Waals surface area contributed by atoms with Crippen LogP contribution in [0.1, 0.15) is 51.4 Å². The number of anilines is 1. The molecule has 2 aromatic rings. The topological polar surface area (TPSA) is 92.8 Å². The Labute approximate surface area is 205 Å². The van der Waals surface area contributed by atoms with Crippen LogP contribution in [-0.2, 0) is 27.6 Å². The Kier molecular flexibility index (Phi) is 8.46. The molecule has 7 nitrogen and oxygen atoms in total. The number of ether oxygens (including phenoxy) is 1. The summed E-state index contributed by atoms with van der Waals surface area (Å²) >= 11 is 1.41. The molecule has 0 fully saturated rings. The van der Waals surface area contributed by atoms with Crippen LogP contribution in [0, 0.1) is 5.92 Å². The number of rotatable bonds is 10. The maximum absolute atomic E-state index is 13.0. The molecular formula is C25H30N2O5S2. The lowest BCUT2D eigenvalue weighted by atomic mass is 9.88. The number of nitrogens with zero attached hydrogens (tertiary/aromatic N) is 1. The van der Waals surface area contributed by atoms with Crippen LogP contribution in [0.15, 0.2) is 54.5 Å². The molecule has 1 unspecified atom stereocenters. The van der Waals surface area contributed by atoms with Crippen molar-refractivity contribution < 1.29 is 22.7 Å². The molecule has 1 aliphatic rings. The number of hydrogen-bond donors (Lipinski definition) is 1. The van der Waals surface area contributed by atoms with Crippen molar-refractivity contribution in [3.8, 4) is 0 Å². The van der Waals surface area contributed by atoms with E-state index in [1.165, 1.54) is 52.1 Å². The van der Waals surface area contributed by atoms with Crippen molar-refractivity contribution in [2.45, 2.75) is 38.0 Å².